The number of amides is 1. The minimum absolute atomic E-state index is 0.000925. The lowest BCUT2D eigenvalue weighted by Gasteiger charge is -2.25. The Kier molecular flexibility index (Phi) is 6.99. The van der Waals surface area contributed by atoms with Crippen molar-refractivity contribution in [2.75, 3.05) is 15.5 Å². The molecule has 1 amide bonds. The molecule has 11 heteroatoms. The Morgan fingerprint density at radius 2 is 1.72 bits per heavy atom. The van der Waals surface area contributed by atoms with E-state index < -0.39 is 44.1 Å². The number of hydroxylamine groups is 1. The van der Waals surface area contributed by atoms with E-state index in [1.54, 1.807) is 41.5 Å². The van der Waals surface area contributed by atoms with E-state index in [-0.39, 0.29) is 40.2 Å². The van der Waals surface area contributed by atoms with Crippen LogP contribution in [0, 0.1) is 22.2 Å². The molecule has 10 nitrogen and oxygen atoms in total. The Morgan fingerprint density at radius 3 is 2.26 bits per heavy atom. The average Bonchev–Trinajstić information content (AvgIpc) is 3.40. The molecular weight excluding hydrogens is 524 g/mol. The van der Waals surface area contributed by atoms with Crippen LogP contribution in [0.4, 0.5) is 11.4 Å². The van der Waals surface area contributed by atoms with Gasteiger partial charge in [-0.25, -0.2) is 13.2 Å². The number of sulfonamides is 1. The number of allylic oxidation sites excluding steroid dienone is 1. The second-order valence-corrected chi connectivity index (χ2v) is 14.6. The minimum atomic E-state index is -3.92. The Hall–Kier alpha value is -3.21. The van der Waals surface area contributed by atoms with E-state index in [4.69, 9.17) is 9.57 Å². The average molecular weight is 561 g/mol. The molecule has 0 saturated heterocycles. The third-order valence-electron chi connectivity index (χ3n) is 7.40. The number of nitrogens with one attached hydrogen (secondary N) is 1. The molecule has 0 aromatic heterocycles. The molecule has 2 saturated carbocycles. The first kappa shape index (κ1) is 28.8. The highest BCUT2D eigenvalue weighted by molar-refractivity contribution is 7.92. The predicted molar refractivity (Wildman–Crippen MR) is 144 cm³/mol. The monoisotopic (exact) mass is 560 g/mol. The number of benzene rings is 1. The molecule has 1 aliphatic heterocycles. The number of rotatable bonds is 6. The van der Waals surface area contributed by atoms with Crippen LogP contribution in [0.15, 0.2) is 24.0 Å². The number of hydrogen-bond donors (Lipinski definition) is 1. The number of nitrogens with zero attached hydrogens (tertiary/aromatic N) is 1. The SMILES string of the molecule is C/C(OC(=O)C(C)(C)C)=C1/C(=O)N(OC(=O)C(C)(C)C)c2cc(NS(=O)(=O)C[C@]34CC[C@H](CC3=O)C4)ccc21. The van der Waals surface area contributed by atoms with Crippen molar-refractivity contribution in [3.63, 3.8) is 0 Å². The van der Waals surface area contributed by atoms with Gasteiger partial charge in [0, 0.05) is 17.4 Å². The Bertz CT molecular complexity index is 1400. The largest absolute Gasteiger partial charge is 0.430 e. The summed E-state index contributed by atoms with van der Waals surface area (Å²) in [5.74, 6) is -1.99. The van der Waals surface area contributed by atoms with Crippen molar-refractivity contribution in [3.05, 3.63) is 29.5 Å². The first-order valence-corrected chi connectivity index (χ1v) is 14.7. The van der Waals surface area contributed by atoms with Gasteiger partial charge in [-0.3, -0.25) is 19.1 Å². The topological polar surface area (TPSA) is 136 Å². The fourth-order valence-electron chi connectivity index (χ4n) is 5.23. The van der Waals surface area contributed by atoms with Crippen molar-refractivity contribution in [1.82, 2.24) is 0 Å². The van der Waals surface area contributed by atoms with Gasteiger partial charge in [0.15, 0.2) is 0 Å². The van der Waals surface area contributed by atoms with E-state index in [2.05, 4.69) is 4.72 Å². The molecular formula is C28H36N2O8S. The number of ketones is 1. The summed E-state index contributed by atoms with van der Waals surface area (Å²) < 4.78 is 34.3. The molecule has 212 valence electrons. The molecule has 39 heavy (non-hydrogen) atoms. The van der Waals surface area contributed by atoms with Gasteiger partial charge in [0.05, 0.1) is 33.5 Å². The molecule has 2 atom stereocenters. The van der Waals surface area contributed by atoms with Gasteiger partial charge in [0.2, 0.25) is 10.0 Å². The first-order chi connectivity index (χ1) is 17.8. The third kappa shape index (κ3) is 5.59. The zero-order valence-electron chi connectivity index (χ0n) is 23.5. The Labute approximate surface area is 229 Å². The van der Waals surface area contributed by atoms with Crippen LogP contribution >= 0.6 is 0 Å². The van der Waals surface area contributed by atoms with Gasteiger partial charge in [0.25, 0.3) is 5.91 Å². The third-order valence-corrected chi connectivity index (χ3v) is 8.88. The molecule has 4 rings (SSSR count). The van der Waals surface area contributed by atoms with E-state index in [1.165, 1.54) is 25.1 Å². The smallest absolute Gasteiger partial charge is 0.338 e. The number of carbonyl (C=O) groups is 4. The predicted octanol–water partition coefficient (Wildman–Crippen LogP) is 4.36. The molecule has 2 fully saturated rings. The minimum Gasteiger partial charge on any atom is -0.430 e. The van der Waals surface area contributed by atoms with Gasteiger partial charge >= 0.3 is 11.9 Å². The summed E-state index contributed by atoms with van der Waals surface area (Å²) in [7, 11) is -3.92. The van der Waals surface area contributed by atoms with Crippen molar-refractivity contribution in [2.24, 2.45) is 22.2 Å². The maximum Gasteiger partial charge on any atom is 0.338 e. The summed E-state index contributed by atoms with van der Waals surface area (Å²) >= 11 is 0. The summed E-state index contributed by atoms with van der Waals surface area (Å²) in [5.41, 5.74) is -2.02. The van der Waals surface area contributed by atoms with Gasteiger partial charge < -0.3 is 9.57 Å². The highest BCUT2D eigenvalue weighted by atomic mass is 32.2. The first-order valence-electron chi connectivity index (χ1n) is 13.0. The maximum absolute atomic E-state index is 13.5. The normalized spacial score (nSPS) is 24.1. The summed E-state index contributed by atoms with van der Waals surface area (Å²) in [5, 5.41) is 0.797. The van der Waals surface area contributed by atoms with Crippen molar-refractivity contribution in [2.45, 2.75) is 74.1 Å². The molecule has 2 bridgehead atoms. The van der Waals surface area contributed by atoms with E-state index in [0.717, 1.165) is 11.5 Å². The van der Waals surface area contributed by atoms with Crippen LogP contribution < -0.4 is 9.79 Å². The van der Waals surface area contributed by atoms with E-state index >= 15 is 0 Å². The number of anilines is 2. The van der Waals surface area contributed by atoms with Crippen LogP contribution in [0.1, 0.15) is 79.7 Å². The van der Waals surface area contributed by atoms with Crippen molar-refractivity contribution >= 4 is 50.6 Å². The highest BCUT2D eigenvalue weighted by Gasteiger charge is 2.53. The maximum atomic E-state index is 13.5. The summed E-state index contributed by atoms with van der Waals surface area (Å²) in [4.78, 5) is 56.7. The van der Waals surface area contributed by atoms with Gasteiger partial charge in [0.1, 0.15) is 11.5 Å². The molecule has 0 spiro atoms. The number of ether oxygens (including phenoxy) is 1. The number of hydrogen-bond acceptors (Lipinski definition) is 8. The molecule has 1 aromatic carbocycles. The zero-order chi connectivity index (χ0) is 29.1. The van der Waals surface area contributed by atoms with Crippen LogP contribution in [-0.4, -0.2) is 37.8 Å². The Morgan fingerprint density at radius 1 is 1.08 bits per heavy atom. The number of Topliss-reactive ketones (excluding diaryl/α,β-unsaturated/α-hetero) is 1. The van der Waals surface area contributed by atoms with Gasteiger partial charge in [-0.15, -0.1) is 5.06 Å². The lowest BCUT2D eigenvalue weighted by atomic mass is 9.85. The summed E-state index contributed by atoms with van der Waals surface area (Å²) in [6, 6.07) is 4.37. The summed E-state index contributed by atoms with van der Waals surface area (Å²) in [6.45, 7) is 11.4. The number of fused-ring (bicyclic) bond motifs is 3. The van der Waals surface area contributed by atoms with Crippen LogP contribution in [0.3, 0.4) is 0 Å². The van der Waals surface area contributed by atoms with Crippen LogP contribution in [0.2, 0.25) is 0 Å². The van der Waals surface area contributed by atoms with E-state index in [1.807, 2.05) is 0 Å². The second kappa shape index (κ2) is 9.46. The fraction of sp³-hybridized carbons (Fsp3) is 0.571. The lowest BCUT2D eigenvalue weighted by molar-refractivity contribution is -0.157. The van der Waals surface area contributed by atoms with Crippen LogP contribution in [0.5, 0.6) is 0 Å². The summed E-state index contributed by atoms with van der Waals surface area (Å²) in [6.07, 6.45) is 2.43. The quantitative estimate of drug-likeness (QED) is 0.308. The number of esters is 1. The molecule has 1 heterocycles. The molecule has 2 aliphatic carbocycles. The standard InChI is InChI=1S/C28H36N2O8S/c1-16(37-24(33)26(2,3)4)22-19-9-8-18(13-20(19)30(23(22)32)38-25(34)27(5,6)7)29-39(35,36)15-28-11-10-17(14-28)12-21(28)31/h8-9,13,17,29H,10-12,14-15H2,1-7H3/b22-16-/t17-,28-/m1/s1. The van der Waals surface area contributed by atoms with Crippen LogP contribution in [0.25, 0.3) is 5.57 Å². The molecule has 0 unspecified atom stereocenters. The van der Waals surface area contributed by atoms with Crippen molar-refractivity contribution in [1.29, 1.82) is 0 Å². The molecule has 1 aromatic rings. The van der Waals surface area contributed by atoms with Crippen LogP contribution in [-0.2, 0) is 38.8 Å². The number of carbonyl (C=O) groups excluding carboxylic acids is 4. The second-order valence-electron chi connectivity index (χ2n) is 12.9. The molecule has 3 aliphatic rings. The van der Waals surface area contributed by atoms with Crippen molar-refractivity contribution < 1.29 is 37.2 Å². The van der Waals surface area contributed by atoms with Gasteiger partial charge in [-0.1, -0.05) is 0 Å². The van der Waals surface area contributed by atoms with E-state index in [0.29, 0.717) is 24.8 Å². The zero-order valence-corrected chi connectivity index (χ0v) is 24.3. The highest BCUT2D eigenvalue weighted by Crippen LogP contribution is 2.52. The van der Waals surface area contributed by atoms with Gasteiger partial charge in [-0.05, 0) is 91.8 Å². The lowest BCUT2D eigenvalue weighted by Crippen LogP contribution is -2.36. The Balaban J connectivity index is 1.69. The van der Waals surface area contributed by atoms with Gasteiger partial charge in [-0.2, -0.15) is 0 Å². The fourth-order valence-corrected chi connectivity index (χ4v) is 6.94. The van der Waals surface area contributed by atoms with E-state index in [9.17, 15) is 27.6 Å². The molecule has 1 N–H and O–H groups in total. The molecule has 0 radical (unpaired) electrons. The van der Waals surface area contributed by atoms with Crippen molar-refractivity contribution in [3.8, 4) is 0 Å².